The van der Waals surface area contributed by atoms with Gasteiger partial charge in [-0.05, 0) is 48.7 Å². The van der Waals surface area contributed by atoms with Crippen LogP contribution in [-0.4, -0.2) is 36.1 Å². The summed E-state index contributed by atoms with van der Waals surface area (Å²) >= 11 is 0. The average molecular weight is 405 g/mol. The van der Waals surface area contributed by atoms with E-state index in [1.165, 1.54) is 6.07 Å². The van der Waals surface area contributed by atoms with Gasteiger partial charge >= 0.3 is 0 Å². The second kappa shape index (κ2) is 9.05. The lowest BCUT2D eigenvalue weighted by atomic mass is 10.0. The molecule has 0 saturated carbocycles. The van der Waals surface area contributed by atoms with Crippen molar-refractivity contribution in [3.8, 4) is 11.4 Å². The van der Waals surface area contributed by atoms with Crippen molar-refractivity contribution in [1.29, 1.82) is 0 Å². The maximum atomic E-state index is 14.0. The number of pyridine rings is 1. The lowest BCUT2D eigenvalue weighted by molar-refractivity contribution is -0.121. The van der Waals surface area contributed by atoms with Crippen LogP contribution in [-0.2, 0) is 16.0 Å². The number of nitrogens with one attached hydrogen (secondary N) is 2. The molecule has 0 bridgehead atoms. The molecule has 30 heavy (non-hydrogen) atoms. The molecule has 0 unspecified atom stereocenters. The molecule has 2 aromatic carbocycles. The minimum absolute atomic E-state index is 0.0107. The van der Waals surface area contributed by atoms with E-state index in [0.29, 0.717) is 32.4 Å². The quantitative estimate of drug-likeness (QED) is 0.421. The number of aryl methyl sites for hydroxylation is 1. The van der Waals surface area contributed by atoms with Gasteiger partial charge in [0, 0.05) is 36.4 Å². The molecule has 4 rings (SSSR count). The number of halogens is 1. The summed E-state index contributed by atoms with van der Waals surface area (Å²) in [6.07, 6.45) is 1.70. The highest BCUT2D eigenvalue weighted by atomic mass is 19.1. The van der Waals surface area contributed by atoms with Crippen LogP contribution in [0.1, 0.15) is 18.4 Å². The third kappa shape index (κ3) is 4.33. The lowest BCUT2D eigenvalue weighted by Gasteiger charge is -2.07. The van der Waals surface area contributed by atoms with Crippen molar-refractivity contribution >= 4 is 27.7 Å². The number of amides is 1. The number of ether oxygens (including phenoxy) is 1. The number of hydrogen-bond donors (Lipinski definition) is 2. The first-order valence-electron chi connectivity index (χ1n) is 10.1. The molecule has 0 aliphatic rings. The molecule has 6 heteroatoms. The summed E-state index contributed by atoms with van der Waals surface area (Å²) in [6.45, 7) is 0.991. The molecule has 154 valence electrons. The van der Waals surface area contributed by atoms with E-state index in [0.717, 1.165) is 38.8 Å². The van der Waals surface area contributed by atoms with Crippen molar-refractivity contribution in [1.82, 2.24) is 15.3 Å². The van der Waals surface area contributed by atoms with Crippen LogP contribution in [0.5, 0.6) is 0 Å². The molecule has 0 atom stereocenters. The Morgan fingerprint density at radius 2 is 2.03 bits per heavy atom. The van der Waals surface area contributed by atoms with Crippen LogP contribution in [0.2, 0.25) is 0 Å². The highest BCUT2D eigenvalue weighted by Crippen LogP contribution is 2.32. The van der Waals surface area contributed by atoms with Gasteiger partial charge in [-0.15, -0.1) is 0 Å². The van der Waals surface area contributed by atoms with Gasteiger partial charge in [0.2, 0.25) is 5.91 Å². The summed E-state index contributed by atoms with van der Waals surface area (Å²) in [5.41, 5.74) is 4.44. The van der Waals surface area contributed by atoms with Crippen LogP contribution in [0.25, 0.3) is 33.2 Å². The van der Waals surface area contributed by atoms with Gasteiger partial charge in [-0.2, -0.15) is 0 Å². The fraction of sp³-hybridized carbons (Fsp3) is 0.250. The van der Waals surface area contributed by atoms with E-state index in [4.69, 9.17) is 9.72 Å². The minimum atomic E-state index is -0.280. The van der Waals surface area contributed by atoms with E-state index in [9.17, 15) is 9.18 Å². The van der Waals surface area contributed by atoms with Gasteiger partial charge in [0.1, 0.15) is 5.82 Å². The summed E-state index contributed by atoms with van der Waals surface area (Å²) in [7, 11) is 1.60. The Bertz CT molecular complexity index is 1190. The van der Waals surface area contributed by atoms with E-state index in [1.54, 1.807) is 19.2 Å². The number of aromatic amines is 1. The molecule has 0 fully saturated rings. The Hall–Kier alpha value is -3.25. The normalized spacial score (nSPS) is 11.3. The molecular weight excluding hydrogens is 381 g/mol. The number of nitrogens with zero attached hydrogens (tertiary/aromatic N) is 1. The second-order valence-corrected chi connectivity index (χ2v) is 7.25. The van der Waals surface area contributed by atoms with Crippen LogP contribution in [0.15, 0.2) is 54.6 Å². The Balaban J connectivity index is 1.63. The van der Waals surface area contributed by atoms with Crippen molar-refractivity contribution in [3.05, 3.63) is 66.0 Å². The van der Waals surface area contributed by atoms with E-state index < -0.39 is 0 Å². The van der Waals surface area contributed by atoms with Gasteiger partial charge < -0.3 is 15.0 Å². The van der Waals surface area contributed by atoms with Crippen molar-refractivity contribution in [3.63, 3.8) is 0 Å². The fourth-order valence-corrected chi connectivity index (χ4v) is 3.71. The van der Waals surface area contributed by atoms with Crippen LogP contribution in [0.3, 0.4) is 0 Å². The van der Waals surface area contributed by atoms with Crippen molar-refractivity contribution in [2.45, 2.75) is 19.3 Å². The maximum Gasteiger partial charge on any atom is 0.220 e. The number of rotatable bonds is 8. The predicted octanol–water partition coefficient (Wildman–Crippen LogP) is 4.61. The van der Waals surface area contributed by atoms with Crippen LogP contribution in [0.4, 0.5) is 4.39 Å². The number of para-hydroxylation sites is 1. The number of aromatic nitrogens is 2. The van der Waals surface area contributed by atoms with E-state index in [1.807, 2.05) is 36.4 Å². The number of hydrogen-bond acceptors (Lipinski definition) is 3. The number of benzene rings is 2. The van der Waals surface area contributed by atoms with Gasteiger partial charge in [-0.25, -0.2) is 9.37 Å². The zero-order valence-electron chi connectivity index (χ0n) is 16.9. The third-order valence-corrected chi connectivity index (χ3v) is 5.18. The number of methoxy groups -OCH3 is 1. The fourth-order valence-electron chi connectivity index (χ4n) is 3.71. The topological polar surface area (TPSA) is 67.0 Å². The molecule has 0 aliphatic carbocycles. The smallest absolute Gasteiger partial charge is 0.220 e. The number of fused-ring (bicyclic) bond motifs is 2. The lowest BCUT2D eigenvalue weighted by Crippen LogP contribution is -2.26. The molecule has 2 heterocycles. The average Bonchev–Trinajstić information content (AvgIpc) is 3.11. The predicted molar refractivity (Wildman–Crippen MR) is 117 cm³/mol. The summed E-state index contributed by atoms with van der Waals surface area (Å²) in [4.78, 5) is 20.2. The first-order chi connectivity index (χ1) is 14.7. The Kier molecular flexibility index (Phi) is 6.05. The van der Waals surface area contributed by atoms with E-state index in [2.05, 4.69) is 10.3 Å². The molecule has 5 nitrogen and oxygen atoms in total. The van der Waals surface area contributed by atoms with Gasteiger partial charge in [-0.3, -0.25) is 4.79 Å². The molecule has 2 N–H and O–H groups in total. The maximum absolute atomic E-state index is 14.0. The Morgan fingerprint density at radius 1 is 1.17 bits per heavy atom. The molecule has 2 aromatic heterocycles. The number of H-pyrrole nitrogens is 1. The standard InChI is InChI=1S/C24H24FN3O2/c1-30-14-13-26-23(29)8-4-6-18-19-15-17(25)10-12-21(19)28-24(18)22-11-9-16-5-2-3-7-20(16)27-22/h2-3,5,7,9-12,15,28H,4,6,8,13-14H2,1H3,(H,26,29). The summed E-state index contributed by atoms with van der Waals surface area (Å²) in [6, 6.07) is 16.7. The van der Waals surface area contributed by atoms with Crippen LogP contribution in [0, 0.1) is 5.82 Å². The molecule has 4 aromatic rings. The Morgan fingerprint density at radius 3 is 2.90 bits per heavy atom. The summed E-state index contributed by atoms with van der Waals surface area (Å²) in [5, 5.41) is 4.73. The van der Waals surface area contributed by atoms with Crippen LogP contribution >= 0.6 is 0 Å². The monoisotopic (exact) mass is 405 g/mol. The molecule has 1 amide bonds. The molecule has 0 aliphatic heterocycles. The van der Waals surface area contributed by atoms with Crippen molar-refractivity contribution < 1.29 is 13.9 Å². The first kappa shape index (κ1) is 20.0. The molecule has 0 saturated heterocycles. The van der Waals surface area contributed by atoms with Gasteiger partial charge in [-0.1, -0.05) is 24.3 Å². The zero-order chi connectivity index (χ0) is 20.9. The van der Waals surface area contributed by atoms with Crippen molar-refractivity contribution in [2.75, 3.05) is 20.3 Å². The largest absolute Gasteiger partial charge is 0.383 e. The third-order valence-electron chi connectivity index (χ3n) is 5.18. The van der Waals surface area contributed by atoms with Crippen molar-refractivity contribution in [2.24, 2.45) is 0 Å². The second-order valence-electron chi connectivity index (χ2n) is 7.25. The highest BCUT2D eigenvalue weighted by molar-refractivity contribution is 5.91. The van der Waals surface area contributed by atoms with E-state index >= 15 is 0 Å². The number of carbonyl (C=O) groups excluding carboxylic acids is 1. The summed E-state index contributed by atoms with van der Waals surface area (Å²) < 4.78 is 18.9. The van der Waals surface area contributed by atoms with Gasteiger partial charge in [0.05, 0.1) is 23.5 Å². The van der Waals surface area contributed by atoms with E-state index in [-0.39, 0.29) is 11.7 Å². The molecular formula is C24H24FN3O2. The SMILES string of the molecule is COCCNC(=O)CCCc1c(-c2ccc3ccccc3n2)[nH]c2ccc(F)cc12. The summed E-state index contributed by atoms with van der Waals surface area (Å²) in [5.74, 6) is -0.290. The minimum Gasteiger partial charge on any atom is -0.383 e. The zero-order valence-corrected chi connectivity index (χ0v) is 16.9. The van der Waals surface area contributed by atoms with Gasteiger partial charge in [0.25, 0.3) is 0 Å². The number of carbonyl (C=O) groups is 1. The molecule has 0 radical (unpaired) electrons. The Labute approximate surface area is 174 Å². The highest BCUT2D eigenvalue weighted by Gasteiger charge is 2.16. The van der Waals surface area contributed by atoms with Gasteiger partial charge in [0.15, 0.2) is 0 Å². The van der Waals surface area contributed by atoms with Crippen LogP contribution < -0.4 is 5.32 Å². The first-order valence-corrected chi connectivity index (χ1v) is 10.1. The molecule has 0 spiro atoms.